The SMILES string of the molecule is CC(CCCNC(=O)Oc1ccccc1)C(=O)O. The molecule has 1 rings (SSSR count). The highest BCUT2D eigenvalue weighted by molar-refractivity contribution is 5.70. The zero-order valence-electron chi connectivity index (χ0n) is 10.3. The number of rotatable bonds is 6. The second-order valence-electron chi connectivity index (χ2n) is 4.01. The van der Waals surface area contributed by atoms with Gasteiger partial charge in [-0.15, -0.1) is 0 Å². The van der Waals surface area contributed by atoms with E-state index in [1.807, 2.05) is 6.07 Å². The standard InChI is InChI=1S/C13H17NO4/c1-10(12(15)16)6-5-9-14-13(17)18-11-7-3-2-4-8-11/h2-4,7-8,10H,5-6,9H2,1H3,(H,14,17)(H,15,16). The number of hydrogen-bond acceptors (Lipinski definition) is 3. The largest absolute Gasteiger partial charge is 0.481 e. The molecule has 0 radical (unpaired) electrons. The van der Waals surface area contributed by atoms with Crippen LogP contribution in [0.15, 0.2) is 30.3 Å². The number of ether oxygens (including phenoxy) is 1. The lowest BCUT2D eigenvalue weighted by atomic mass is 10.1. The van der Waals surface area contributed by atoms with E-state index in [0.29, 0.717) is 25.1 Å². The fourth-order valence-electron chi connectivity index (χ4n) is 1.35. The Balaban J connectivity index is 2.16. The summed E-state index contributed by atoms with van der Waals surface area (Å²) in [5.41, 5.74) is 0. The van der Waals surface area contributed by atoms with Crippen molar-refractivity contribution in [1.82, 2.24) is 5.32 Å². The van der Waals surface area contributed by atoms with E-state index in [-0.39, 0.29) is 0 Å². The van der Waals surface area contributed by atoms with Crippen molar-refractivity contribution in [2.45, 2.75) is 19.8 Å². The fourth-order valence-corrected chi connectivity index (χ4v) is 1.35. The molecule has 0 aromatic heterocycles. The van der Waals surface area contributed by atoms with Crippen molar-refractivity contribution in [3.05, 3.63) is 30.3 Å². The van der Waals surface area contributed by atoms with Gasteiger partial charge in [0, 0.05) is 6.54 Å². The van der Waals surface area contributed by atoms with E-state index in [1.54, 1.807) is 31.2 Å². The first-order valence-corrected chi connectivity index (χ1v) is 5.83. The van der Waals surface area contributed by atoms with Crippen LogP contribution in [-0.4, -0.2) is 23.7 Å². The van der Waals surface area contributed by atoms with Gasteiger partial charge in [0.15, 0.2) is 0 Å². The molecule has 2 N–H and O–H groups in total. The van der Waals surface area contributed by atoms with Gasteiger partial charge in [-0.2, -0.15) is 0 Å². The molecule has 1 atom stereocenters. The number of carbonyl (C=O) groups excluding carboxylic acids is 1. The number of carboxylic acid groups (broad SMARTS) is 1. The normalized spacial score (nSPS) is 11.6. The van der Waals surface area contributed by atoms with Crippen molar-refractivity contribution in [2.24, 2.45) is 5.92 Å². The highest BCUT2D eigenvalue weighted by Crippen LogP contribution is 2.08. The molecule has 1 amide bonds. The number of amides is 1. The molecule has 0 aliphatic rings. The molecule has 18 heavy (non-hydrogen) atoms. The van der Waals surface area contributed by atoms with E-state index in [1.165, 1.54) is 0 Å². The number of benzene rings is 1. The molecular formula is C13H17NO4. The second kappa shape index (κ2) is 7.32. The number of carboxylic acids is 1. The third kappa shape index (κ3) is 5.34. The van der Waals surface area contributed by atoms with Gasteiger partial charge < -0.3 is 15.2 Å². The Kier molecular flexibility index (Phi) is 5.70. The van der Waals surface area contributed by atoms with Gasteiger partial charge in [0.05, 0.1) is 5.92 Å². The van der Waals surface area contributed by atoms with Gasteiger partial charge in [-0.25, -0.2) is 4.79 Å². The van der Waals surface area contributed by atoms with Crippen LogP contribution in [0.5, 0.6) is 5.75 Å². The van der Waals surface area contributed by atoms with E-state index in [9.17, 15) is 9.59 Å². The summed E-state index contributed by atoms with van der Waals surface area (Å²) >= 11 is 0. The number of nitrogens with one attached hydrogen (secondary N) is 1. The Morgan fingerprint density at radius 3 is 2.61 bits per heavy atom. The van der Waals surface area contributed by atoms with Crippen molar-refractivity contribution in [1.29, 1.82) is 0 Å². The van der Waals surface area contributed by atoms with Crippen LogP contribution >= 0.6 is 0 Å². The summed E-state index contributed by atoms with van der Waals surface area (Å²) in [4.78, 5) is 21.9. The van der Waals surface area contributed by atoms with Gasteiger partial charge in [0.2, 0.25) is 0 Å². The lowest BCUT2D eigenvalue weighted by Gasteiger charge is -2.08. The first-order valence-electron chi connectivity index (χ1n) is 5.83. The number of para-hydroxylation sites is 1. The van der Waals surface area contributed by atoms with E-state index in [2.05, 4.69) is 5.32 Å². The van der Waals surface area contributed by atoms with Gasteiger partial charge in [0.1, 0.15) is 5.75 Å². The molecule has 1 aromatic carbocycles. The minimum Gasteiger partial charge on any atom is -0.481 e. The molecular weight excluding hydrogens is 234 g/mol. The smallest absolute Gasteiger partial charge is 0.412 e. The van der Waals surface area contributed by atoms with Crippen LogP contribution in [0.1, 0.15) is 19.8 Å². The predicted molar refractivity (Wildman–Crippen MR) is 66.5 cm³/mol. The molecule has 0 bridgehead atoms. The van der Waals surface area contributed by atoms with Crippen LogP contribution in [0.3, 0.4) is 0 Å². The Morgan fingerprint density at radius 2 is 2.00 bits per heavy atom. The van der Waals surface area contributed by atoms with Crippen molar-refractivity contribution in [3.63, 3.8) is 0 Å². The molecule has 98 valence electrons. The molecule has 0 aliphatic heterocycles. The summed E-state index contributed by atoms with van der Waals surface area (Å²) in [5, 5.41) is 11.2. The summed E-state index contributed by atoms with van der Waals surface area (Å²) in [6.45, 7) is 2.05. The molecule has 0 aliphatic carbocycles. The van der Waals surface area contributed by atoms with Crippen LogP contribution in [0.4, 0.5) is 4.79 Å². The molecule has 0 saturated carbocycles. The van der Waals surface area contributed by atoms with Gasteiger partial charge in [-0.1, -0.05) is 25.1 Å². The van der Waals surface area contributed by atoms with Crippen molar-refractivity contribution in [3.8, 4) is 5.75 Å². The zero-order valence-corrected chi connectivity index (χ0v) is 10.3. The van der Waals surface area contributed by atoms with E-state index in [0.717, 1.165) is 0 Å². The lowest BCUT2D eigenvalue weighted by molar-refractivity contribution is -0.141. The maximum absolute atomic E-state index is 11.3. The molecule has 1 unspecified atom stereocenters. The average molecular weight is 251 g/mol. The summed E-state index contributed by atoms with van der Waals surface area (Å²) in [6, 6.07) is 8.75. The molecule has 0 fully saturated rings. The number of aliphatic carboxylic acids is 1. The van der Waals surface area contributed by atoms with Crippen LogP contribution in [0, 0.1) is 5.92 Å². The van der Waals surface area contributed by atoms with Gasteiger partial charge in [-0.3, -0.25) is 4.79 Å². The van der Waals surface area contributed by atoms with Gasteiger partial charge >= 0.3 is 12.1 Å². The predicted octanol–water partition coefficient (Wildman–Crippen LogP) is 2.28. The molecule has 5 nitrogen and oxygen atoms in total. The molecule has 0 saturated heterocycles. The first-order chi connectivity index (χ1) is 8.59. The Bertz CT molecular complexity index is 391. The third-order valence-corrected chi connectivity index (χ3v) is 2.46. The summed E-state index contributed by atoms with van der Waals surface area (Å²) in [7, 11) is 0. The summed E-state index contributed by atoms with van der Waals surface area (Å²) in [6.07, 6.45) is 0.613. The molecule has 5 heteroatoms. The van der Waals surface area contributed by atoms with Gasteiger partial charge in [-0.05, 0) is 25.0 Å². The third-order valence-electron chi connectivity index (χ3n) is 2.46. The lowest BCUT2D eigenvalue weighted by Crippen LogP contribution is -2.28. The zero-order chi connectivity index (χ0) is 13.4. The first kappa shape index (κ1) is 14.0. The molecule has 1 aromatic rings. The number of hydrogen-bond donors (Lipinski definition) is 2. The van der Waals surface area contributed by atoms with Gasteiger partial charge in [0.25, 0.3) is 0 Å². The minimum atomic E-state index is -0.818. The van der Waals surface area contributed by atoms with Crippen molar-refractivity contribution < 1.29 is 19.4 Å². The second-order valence-corrected chi connectivity index (χ2v) is 4.01. The van der Waals surface area contributed by atoms with Crippen molar-refractivity contribution >= 4 is 12.1 Å². The van der Waals surface area contributed by atoms with Crippen LogP contribution in [-0.2, 0) is 4.79 Å². The highest BCUT2D eigenvalue weighted by atomic mass is 16.6. The maximum Gasteiger partial charge on any atom is 0.412 e. The van der Waals surface area contributed by atoms with E-state index < -0.39 is 18.0 Å². The quantitative estimate of drug-likeness (QED) is 0.760. The van der Waals surface area contributed by atoms with Crippen LogP contribution < -0.4 is 10.1 Å². The Morgan fingerprint density at radius 1 is 1.33 bits per heavy atom. The van der Waals surface area contributed by atoms with Crippen molar-refractivity contribution in [2.75, 3.05) is 6.54 Å². The molecule has 0 spiro atoms. The summed E-state index contributed by atoms with van der Waals surface area (Å²) < 4.78 is 5.00. The number of carbonyl (C=O) groups is 2. The minimum absolute atomic E-state index is 0.392. The Hall–Kier alpha value is -2.04. The topological polar surface area (TPSA) is 75.6 Å². The van der Waals surface area contributed by atoms with Crippen LogP contribution in [0.25, 0.3) is 0 Å². The highest BCUT2D eigenvalue weighted by Gasteiger charge is 2.10. The van der Waals surface area contributed by atoms with E-state index in [4.69, 9.17) is 9.84 Å². The monoisotopic (exact) mass is 251 g/mol. The van der Waals surface area contributed by atoms with Crippen LogP contribution in [0.2, 0.25) is 0 Å². The average Bonchev–Trinajstić information content (AvgIpc) is 2.35. The molecule has 0 heterocycles. The summed E-state index contributed by atoms with van der Waals surface area (Å²) in [5.74, 6) is -0.729. The fraction of sp³-hybridized carbons (Fsp3) is 0.385. The Labute approximate surface area is 106 Å². The maximum atomic E-state index is 11.3. The van der Waals surface area contributed by atoms with E-state index >= 15 is 0 Å².